The number of pyridine rings is 1. The Kier molecular flexibility index (Phi) is 4.32. The van der Waals surface area contributed by atoms with Gasteiger partial charge in [0.15, 0.2) is 0 Å². The lowest BCUT2D eigenvalue weighted by Crippen LogP contribution is -2.31. The first-order valence-corrected chi connectivity index (χ1v) is 6.53. The topological polar surface area (TPSA) is 96.6 Å². The van der Waals surface area contributed by atoms with Gasteiger partial charge in [-0.3, -0.25) is 14.9 Å². The maximum absolute atomic E-state index is 11.1. The molecule has 7 heteroatoms. The summed E-state index contributed by atoms with van der Waals surface area (Å²) in [7, 11) is 0. The Hall–Kier alpha value is -2.70. The molecular formula is C14H15N3O4. The van der Waals surface area contributed by atoms with E-state index in [1.165, 1.54) is 12.3 Å². The number of non-ortho nitro benzene ring substituents is 1. The fraction of sp³-hybridized carbons (Fsp3) is 0.286. The highest BCUT2D eigenvalue weighted by Crippen LogP contribution is 2.30. The van der Waals surface area contributed by atoms with Crippen LogP contribution in [-0.4, -0.2) is 34.1 Å². The molecule has 0 aliphatic carbocycles. The molecule has 2 aromatic rings. The summed E-state index contributed by atoms with van der Waals surface area (Å²) in [5.74, 6) is -0.506. The van der Waals surface area contributed by atoms with E-state index < -0.39 is 10.9 Å². The maximum Gasteiger partial charge on any atom is 0.323 e. The minimum absolute atomic E-state index is 0.0112. The molecule has 0 amide bonds. The number of aliphatic carboxylic acids is 1. The third kappa shape index (κ3) is 3.07. The summed E-state index contributed by atoms with van der Waals surface area (Å²) >= 11 is 0. The van der Waals surface area contributed by atoms with Crippen molar-refractivity contribution < 1.29 is 14.8 Å². The summed E-state index contributed by atoms with van der Waals surface area (Å²) in [6.45, 7) is 2.26. The normalized spacial score (nSPS) is 10.5. The minimum Gasteiger partial charge on any atom is -0.480 e. The van der Waals surface area contributed by atoms with Crippen molar-refractivity contribution in [2.75, 3.05) is 18.0 Å². The van der Waals surface area contributed by atoms with Crippen LogP contribution in [0.5, 0.6) is 0 Å². The summed E-state index contributed by atoms with van der Waals surface area (Å²) < 4.78 is 0. The molecule has 1 N–H and O–H groups in total. The summed E-state index contributed by atoms with van der Waals surface area (Å²) in [5.41, 5.74) is -0.0112. The van der Waals surface area contributed by atoms with Crippen molar-refractivity contribution in [2.24, 2.45) is 0 Å². The fourth-order valence-corrected chi connectivity index (χ4v) is 2.28. The van der Waals surface area contributed by atoms with Gasteiger partial charge in [-0.25, -0.2) is 4.98 Å². The van der Waals surface area contributed by atoms with Gasteiger partial charge >= 0.3 is 5.97 Å². The van der Waals surface area contributed by atoms with Crippen LogP contribution in [0.1, 0.15) is 13.3 Å². The highest BCUT2D eigenvalue weighted by atomic mass is 16.6. The number of anilines is 1. The van der Waals surface area contributed by atoms with E-state index in [2.05, 4.69) is 4.98 Å². The second-order valence-corrected chi connectivity index (χ2v) is 4.58. The van der Waals surface area contributed by atoms with Gasteiger partial charge < -0.3 is 10.0 Å². The number of carboxylic acid groups (broad SMARTS) is 1. The molecule has 0 aliphatic rings. The van der Waals surface area contributed by atoms with Gasteiger partial charge in [-0.1, -0.05) is 19.1 Å². The minimum atomic E-state index is -0.965. The van der Waals surface area contributed by atoms with Crippen LogP contribution < -0.4 is 4.90 Å². The SMILES string of the molecule is CCCN(CC(=O)O)c1nccc2c([N+](=O)[O-])cccc12. The molecule has 110 valence electrons. The number of carboxylic acids is 1. The van der Waals surface area contributed by atoms with Gasteiger partial charge in [0.05, 0.1) is 10.3 Å². The molecule has 0 radical (unpaired) electrons. The number of aromatic nitrogens is 1. The van der Waals surface area contributed by atoms with Crippen LogP contribution in [0, 0.1) is 10.1 Å². The average molecular weight is 289 g/mol. The van der Waals surface area contributed by atoms with Crippen molar-refractivity contribution in [2.45, 2.75) is 13.3 Å². The predicted octanol–water partition coefficient (Wildman–Crippen LogP) is 2.44. The molecular weight excluding hydrogens is 274 g/mol. The van der Waals surface area contributed by atoms with Crippen molar-refractivity contribution in [1.82, 2.24) is 4.98 Å². The van der Waals surface area contributed by atoms with Crippen LogP contribution in [-0.2, 0) is 4.79 Å². The van der Waals surface area contributed by atoms with Gasteiger partial charge in [0.1, 0.15) is 12.4 Å². The van der Waals surface area contributed by atoms with Crippen LogP contribution in [0.4, 0.5) is 11.5 Å². The number of nitro benzene ring substituents is 1. The molecule has 0 bridgehead atoms. The largest absolute Gasteiger partial charge is 0.480 e. The van der Waals surface area contributed by atoms with Crippen LogP contribution in [0.2, 0.25) is 0 Å². The van der Waals surface area contributed by atoms with E-state index in [0.717, 1.165) is 6.42 Å². The monoisotopic (exact) mass is 289 g/mol. The summed E-state index contributed by atoms with van der Waals surface area (Å²) in [6.07, 6.45) is 2.22. The Bertz CT molecular complexity index is 687. The molecule has 2 rings (SSSR count). The van der Waals surface area contributed by atoms with Crippen molar-refractivity contribution in [3.05, 3.63) is 40.6 Å². The molecule has 1 aromatic heterocycles. The Morgan fingerprint density at radius 1 is 1.38 bits per heavy atom. The van der Waals surface area contributed by atoms with Gasteiger partial charge in [0.25, 0.3) is 5.69 Å². The first-order valence-electron chi connectivity index (χ1n) is 6.53. The summed E-state index contributed by atoms with van der Waals surface area (Å²) in [6, 6.07) is 6.29. The molecule has 0 spiro atoms. The number of fused-ring (bicyclic) bond motifs is 1. The highest BCUT2D eigenvalue weighted by Gasteiger charge is 2.18. The van der Waals surface area contributed by atoms with Crippen molar-refractivity contribution in [1.29, 1.82) is 0 Å². The van der Waals surface area contributed by atoms with Crippen molar-refractivity contribution in [3.63, 3.8) is 0 Å². The van der Waals surface area contributed by atoms with E-state index >= 15 is 0 Å². The lowest BCUT2D eigenvalue weighted by molar-refractivity contribution is -0.383. The molecule has 1 heterocycles. The Morgan fingerprint density at radius 3 is 2.76 bits per heavy atom. The fourth-order valence-electron chi connectivity index (χ4n) is 2.28. The second-order valence-electron chi connectivity index (χ2n) is 4.58. The third-order valence-corrected chi connectivity index (χ3v) is 3.08. The molecule has 0 aliphatic heterocycles. The predicted molar refractivity (Wildman–Crippen MR) is 78.5 cm³/mol. The van der Waals surface area contributed by atoms with Gasteiger partial charge in [-0.05, 0) is 12.5 Å². The van der Waals surface area contributed by atoms with E-state index in [1.807, 2.05) is 6.92 Å². The van der Waals surface area contributed by atoms with E-state index in [1.54, 1.807) is 23.1 Å². The number of nitro groups is 1. The van der Waals surface area contributed by atoms with Gasteiger partial charge in [0.2, 0.25) is 0 Å². The lowest BCUT2D eigenvalue weighted by atomic mass is 10.1. The van der Waals surface area contributed by atoms with Gasteiger partial charge in [-0.2, -0.15) is 0 Å². The average Bonchev–Trinajstić information content (AvgIpc) is 2.45. The number of hydrogen-bond acceptors (Lipinski definition) is 5. The Morgan fingerprint density at radius 2 is 2.14 bits per heavy atom. The highest BCUT2D eigenvalue weighted by molar-refractivity contribution is 5.98. The quantitative estimate of drug-likeness (QED) is 0.648. The molecule has 0 saturated carbocycles. The van der Waals surface area contributed by atoms with Crippen molar-refractivity contribution >= 4 is 28.2 Å². The zero-order chi connectivity index (χ0) is 15.4. The smallest absolute Gasteiger partial charge is 0.323 e. The second kappa shape index (κ2) is 6.17. The number of benzene rings is 1. The van der Waals surface area contributed by atoms with Crippen LogP contribution >= 0.6 is 0 Å². The van der Waals surface area contributed by atoms with Crippen LogP contribution in [0.3, 0.4) is 0 Å². The van der Waals surface area contributed by atoms with Gasteiger partial charge in [0, 0.05) is 24.2 Å². The third-order valence-electron chi connectivity index (χ3n) is 3.08. The molecule has 1 aromatic carbocycles. The number of carbonyl (C=O) groups is 1. The molecule has 0 fully saturated rings. The number of nitrogens with zero attached hydrogens (tertiary/aromatic N) is 3. The van der Waals surface area contributed by atoms with Crippen LogP contribution in [0.15, 0.2) is 30.5 Å². The van der Waals surface area contributed by atoms with E-state index in [0.29, 0.717) is 23.1 Å². The number of rotatable bonds is 6. The lowest BCUT2D eigenvalue weighted by Gasteiger charge is -2.22. The van der Waals surface area contributed by atoms with Crippen LogP contribution in [0.25, 0.3) is 10.8 Å². The molecule has 0 saturated heterocycles. The maximum atomic E-state index is 11.1. The summed E-state index contributed by atoms with van der Waals surface area (Å²) in [4.78, 5) is 27.5. The standard InChI is InChI=1S/C14H15N3O4/c1-2-8-16(9-13(18)19)14-11-4-3-5-12(17(20)21)10(11)6-7-15-14/h3-7H,2,8-9H2,1H3,(H,18,19). The van der Waals surface area contributed by atoms with E-state index in [9.17, 15) is 14.9 Å². The van der Waals surface area contributed by atoms with E-state index in [-0.39, 0.29) is 12.2 Å². The zero-order valence-electron chi connectivity index (χ0n) is 11.5. The molecule has 7 nitrogen and oxygen atoms in total. The first-order chi connectivity index (χ1) is 10.0. The molecule has 0 unspecified atom stereocenters. The zero-order valence-corrected chi connectivity index (χ0v) is 11.5. The Balaban J connectivity index is 2.60. The van der Waals surface area contributed by atoms with Crippen molar-refractivity contribution in [3.8, 4) is 0 Å². The first kappa shape index (κ1) is 14.7. The molecule has 21 heavy (non-hydrogen) atoms. The van der Waals surface area contributed by atoms with Gasteiger partial charge in [-0.15, -0.1) is 0 Å². The van der Waals surface area contributed by atoms with E-state index in [4.69, 9.17) is 5.11 Å². The molecule has 0 atom stereocenters. The summed E-state index contributed by atoms with van der Waals surface area (Å²) in [5, 5.41) is 21.1. The number of hydrogen-bond donors (Lipinski definition) is 1. The Labute approximate surface area is 121 Å².